The van der Waals surface area contributed by atoms with Crippen LogP contribution in [-0.4, -0.2) is 42.6 Å². The SMILES string of the molecule is CCOC(=O)N1CCC(NC(=O)c2ccc3c(c2)C=C(c2ccccc2)C2=C(C=CCC2)S3)CC1. The van der Waals surface area contributed by atoms with E-state index in [1.54, 1.807) is 16.7 Å². The van der Waals surface area contributed by atoms with E-state index in [1.165, 1.54) is 21.6 Å². The van der Waals surface area contributed by atoms with Gasteiger partial charge in [-0.1, -0.05) is 54.2 Å². The third-order valence-electron chi connectivity index (χ3n) is 6.69. The van der Waals surface area contributed by atoms with Gasteiger partial charge < -0.3 is 15.0 Å². The van der Waals surface area contributed by atoms with E-state index < -0.39 is 0 Å². The molecule has 0 spiro atoms. The quantitative estimate of drug-likeness (QED) is 0.552. The number of benzene rings is 2. The van der Waals surface area contributed by atoms with Crippen molar-refractivity contribution in [2.24, 2.45) is 0 Å². The van der Waals surface area contributed by atoms with Crippen LogP contribution >= 0.6 is 11.8 Å². The molecule has 180 valence electrons. The summed E-state index contributed by atoms with van der Waals surface area (Å²) in [6, 6.07) is 16.5. The second kappa shape index (κ2) is 10.6. The van der Waals surface area contributed by atoms with Gasteiger partial charge in [0, 0.05) is 34.5 Å². The number of likely N-dealkylation sites (tertiary alicyclic amines) is 1. The average Bonchev–Trinajstić information content (AvgIpc) is 3.06. The Kier molecular flexibility index (Phi) is 7.09. The lowest BCUT2D eigenvalue weighted by atomic mass is 9.90. The molecule has 1 N–H and O–H groups in total. The first-order valence-corrected chi connectivity index (χ1v) is 13.2. The highest BCUT2D eigenvalue weighted by molar-refractivity contribution is 8.03. The van der Waals surface area contributed by atoms with Crippen LogP contribution < -0.4 is 5.32 Å². The number of hydrogen-bond donors (Lipinski definition) is 1. The van der Waals surface area contributed by atoms with E-state index in [0.717, 1.165) is 36.1 Å². The maximum Gasteiger partial charge on any atom is 0.409 e. The lowest BCUT2D eigenvalue weighted by molar-refractivity contribution is 0.0860. The summed E-state index contributed by atoms with van der Waals surface area (Å²) in [6.45, 7) is 3.38. The van der Waals surface area contributed by atoms with Crippen molar-refractivity contribution in [3.8, 4) is 0 Å². The maximum atomic E-state index is 13.1. The number of piperidine rings is 1. The normalized spacial score (nSPS) is 17.7. The molecule has 0 radical (unpaired) electrons. The smallest absolute Gasteiger partial charge is 0.409 e. The minimum atomic E-state index is -0.271. The van der Waals surface area contributed by atoms with Gasteiger partial charge in [-0.3, -0.25) is 4.79 Å². The molecule has 1 saturated heterocycles. The lowest BCUT2D eigenvalue weighted by Gasteiger charge is -2.31. The standard InChI is InChI=1S/C29H30N2O3S/c1-2-34-29(33)31-16-14-23(15-17-31)30-28(32)21-12-13-26-22(18-21)19-25(20-8-4-3-5-9-20)24-10-6-7-11-27(24)35-26/h3-5,7-9,11-13,18-19,23H,2,6,10,14-17H2,1H3,(H,30,32). The number of carbonyl (C=O) groups excluding carboxylic acids is 2. The zero-order valence-corrected chi connectivity index (χ0v) is 20.8. The first-order valence-electron chi connectivity index (χ1n) is 12.3. The van der Waals surface area contributed by atoms with Crippen molar-refractivity contribution in [1.82, 2.24) is 10.2 Å². The molecule has 0 saturated carbocycles. The second-order valence-electron chi connectivity index (χ2n) is 9.00. The zero-order valence-electron chi connectivity index (χ0n) is 20.0. The predicted octanol–water partition coefficient (Wildman–Crippen LogP) is 6.29. The molecule has 2 aliphatic heterocycles. The van der Waals surface area contributed by atoms with Crippen molar-refractivity contribution in [2.75, 3.05) is 19.7 Å². The van der Waals surface area contributed by atoms with Gasteiger partial charge in [0.2, 0.25) is 0 Å². The zero-order chi connectivity index (χ0) is 24.2. The fourth-order valence-corrected chi connectivity index (χ4v) is 5.93. The van der Waals surface area contributed by atoms with Crippen molar-refractivity contribution in [1.29, 1.82) is 0 Å². The van der Waals surface area contributed by atoms with Crippen LogP contribution in [0.3, 0.4) is 0 Å². The van der Waals surface area contributed by atoms with E-state index in [-0.39, 0.29) is 18.0 Å². The van der Waals surface area contributed by atoms with E-state index >= 15 is 0 Å². The fourth-order valence-electron chi connectivity index (χ4n) is 4.83. The molecule has 2 amide bonds. The largest absolute Gasteiger partial charge is 0.450 e. The molecular weight excluding hydrogens is 456 g/mol. The Morgan fingerprint density at radius 3 is 2.69 bits per heavy atom. The summed E-state index contributed by atoms with van der Waals surface area (Å²) in [5, 5.41) is 3.18. The van der Waals surface area contributed by atoms with E-state index in [0.29, 0.717) is 25.3 Å². The topological polar surface area (TPSA) is 58.6 Å². The average molecular weight is 487 g/mol. The molecule has 5 rings (SSSR count). The molecule has 2 aromatic carbocycles. The van der Waals surface area contributed by atoms with Crippen LogP contribution in [0.2, 0.25) is 0 Å². The van der Waals surface area contributed by atoms with Crippen LogP contribution in [0.25, 0.3) is 11.6 Å². The summed E-state index contributed by atoms with van der Waals surface area (Å²) in [6.07, 6.45) is 9.97. The Labute approximate surface area is 210 Å². The molecule has 35 heavy (non-hydrogen) atoms. The molecule has 0 bridgehead atoms. The van der Waals surface area contributed by atoms with Gasteiger partial charge in [0.1, 0.15) is 0 Å². The van der Waals surface area contributed by atoms with Gasteiger partial charge >= 0.3 is 6.09 Å². The van der Waals surface area contributed by atoms with Crippen LogP contribution in [0.5, 0.6) is 0 Å². The summed E-state index contributed by atoms with van der Waals surface area (Å²) >= 11 is 1.78. The van der Waals surface area contributed by atoms with E-state index in [4.69, 9.17) is 4.74 Å². The Hall–Kier alpha value is -3.25. The number of amides is 2. The van der Waals surface area contributed by atoms with E-state index in [9.17, 15) is 9.59 Å². The van der Waals surface area contributed by atoms with Crippen LogP contribution in [0, 0.1) is 0 Å². The molecule has 0 aromatic heterocycles. The number of fused-ring (bicyclic) bond motifs is 1. The predicted molar refractivity (Wildman–Crippen MR) is 141 cm³/mol. The van der Waals surface area contributed by atoms with Crippen LogP contribution in [-0.2, 0) is 4.74 Å². The third-order valence-corrected chi connectivity index (χ3v) is 7.88. The van der Waals surface area contributed by atoms with Crippen molar-refractivity contribution in [3.05, 3.63) is 87.9 Å². The van der Waals surface area contributed by atoms with Gasteiger partial charge in [-0.05, 0) is 79.2 Å². The summed E-state index contributed by atoms with van der Waals surface area (Å²) in [7, 11) is 0. The van der Waals surface area contributed by atoms with Gasteiger partial charge in [0.15, 0.2) is 0 Å². The van der Waals surface area contributed by atoms with Crippen molar-refractivity contribution >= 4 is 35.4 Å². The van der Waals surface area contributed by atoms with Crippen molar-refractivity contribution in [2.45, 2.75) is 43.5 Å². The molecule has 6 heteroatoms. The lowest BCUT2D eigenvalue weighted by Crippen LogP contribution is -2.46. The summed E-state index contributed by atoms with van der Waals surface area (Å²) in [4.78, 5) is 29.2. The molecule has 1 fully saturated rings. The molecule has 5 nitrogen and oxygen atoms in total. The van der Waals surface area contributed by atoms with Crippen LogP contribution in [0.1, 0.15) is 54.1 Å². The Bertz CT molecular complexity index is 1210. The number of rotatable bonds is 4. The number of hydrogen-bond acceptors (Lipinski definition) is 4. The van der Waals surface area contributed by atoms with Gasteiger partial charge in [0.25, 0.3) is 5.91 Å². The summed E-state index contributed by atoms with van der Waals surface area (Å²) < 4.78 is 5.09. The summed E-state index contributed by atoms with van der Waals surface area (Å²) in [5.41, 5.74) is 5.55. The highest BCUT2D eigenvalue weighted by atomic mass is 32.2. The van der Waals surface area contributed by atoms with E-state index in [2.05, 4.69) is 53.9 Å². The molecule has 0 atom stereocenters. The van der Waals surface area contributed by atoms with Crippen molar-refractivity contribution in [3.63, 3.8) is 0 Å². The van der Waals surface area contributed by atoms with Crippen LogP contribution in [0.4, 0.5) is 4.79 Å². The first-order chi connectivity index (χ1) is 17.1. The highest BCUT2D eigenvalue weighted by Gasteiger charge is 2.26. The van der Waals surface area contributed by atoms with Crippen LogP contribution in [0.15, 0.2) is 76.1 Å². The molecule has 2 heterocycles. The van der Waals surface area contributed by atoms with Crippen molar-refractivity contribution < 1.29 is 14.3 Å². The number of thioether (sulfide) groups is 1. The molecule has 3 aliphatic rings. The Balaban J connectivity index is 1.35. The number of nitrogens with one attached hydrogen (secondary N) is 1. The Morgan fingerprint density at radius 2 is 1.91 bits per heavy atom. The molecular formula is C29H30N2O3S. The number of carbonyl (C=O) groups is 2. The summed E-state index contributed by atoms with van der Waals surface area (Å²) in [5.74, 6) is -0.0658. The number of allylic oxidation sites excluding steroid dienone is 4. The molecule has 0 unspecified atom stereocenters. The maximum absolute atomic E-state index is 13.1. The van der Waals surface area contributed by atoms with Gasteiger partial charge in [0.05, 0.1) is 6.61 Å². The van der Waals surface area contributed by atoms with Gasteiger partial charge in [-0.15, -0.1) is 0 Å². The van der Waals surface area contributed by atoms with E-state index in [1.807, 2.05) is 25.1 Å². The second-order valence-corrected chi connectivity index (χ2v) is 10.1. The van der Waals surface area contributed by atoms with Gasteiger partial charge in [-0.2, -0.15) is 0 Å². The molecule has 1 aliphatic carbocycles. The minimum absolute atomic E-state index is 0.0518. The first kappa shape index (κ1) is 23.5. The Morgan fingerprint density at radius 1 is 1.11 bits per heavy atom. The number of ether oxygens (including phenoxy) is 1. The van der Waals surface area contributed by atoms with Gasteiger partial charge in [-0.25, -0.2) is 4.79 Å². The highest BCUT2D eigenvalue weighted by Crippen LogP contribution is 2.45. The molecule has 2 aromatic rings. The third kappa shape index (κ3) is 5.22. The minimum Gasteiger partial charge on any atom is -0.450 e. The fraction of sp³-hybridized carbons (Fsp3) is 0.310. The monoisotopic (exact) mass is 486 g/mol. The number of nitrogens with zero attached hydrogens (tertiary/aromatic N) is 1.